The highest BCUT2D eigenvalue weighted by atomic mass is 127. The lowest BCUT2D eigenvalue weighted by molar-refractivity contribution is 0.698. The predicted molar refractivity (Wildman–Crippen MR) is 45.2 cm³/mol. The fourth-order valence-electron chi connectivity index (χ4n) is 1.02. The third-order valence-electron chi connectivity index (χ3n) is 1.66. The smallest absolute Gasteiger partial charge is 0.0105 e. The van der Waals surface area contributed by atoms with Gasteiger partial charge in [0.2, 0.25) is 0 Å². The van der Waals surface area contributed by atoms with Crippen molar-refractivity contribution in [1.82, 2.24) is 0 Å². The second kappa shape index (κ2) is 2.85. The van der Waals surface area contributed by atoms with Crippen LogP contribution in [0.1, 0.15) is 32.6 Å². The van der Waals surface area contributed by atoms with Crippen LogP contribution in [0, 0.1) is 0 Å². The molecule has 1 rings (SSSR count). The molecule has 0 radical (unpaired) electrons. The van der Waals surface area contributed by atoms with Crippen LogP contribution < -0.4 is 0 Å². The van der Waals surface area contributed by atoms with Crippen LogP contribution in [0.2, 0.25) is 0 Å². The lowest BCUT2D eigenvalue weighted by Crippen LogP contribution is -1.90. The lowest BCUT2D eigenvalue weighted by atomic mass is 10.0. The van der Waals surface area contributed by atoms with E-state index in [9.17, 15) is 0 Å². The Bertz CT molecular complexity index is 99.6. The van der Waals surface area contributed by atoms with Crippen molar-refractivity contribution in [3.05, 3.63) is 9.15 Å². The van der Waals surface area contributed by atoms with Gasteiger partial charge in [-0.2, -0.15) is 0 Å². The summed E-state index contributed by atoms with van der Waals surface area (Å²) >= 11 is 2.46. The molecule has 0 N–H and O–H groups in total. The van der Waals surface area contributed by atoms with Crippen LogP contribution in [0.15, 0.2) is 9.15 Å². The molecule has 1 aliphatic carbocycles. The Kier molecular flexibility index (Phi) is 2.35. The molecule has 0 aromatic heterocycles. The van der Waals surface area contributed by atoms with Crippen LogP contribution in [0.5, 0.6) is 0 Å². The summed E-state index contributed by atoms with van der Waals surface area (Å²) < 4.78 is 1.61. The first-order valence-corrected chi connectivity index (χ1v) is 4.22. The van der Waals surface area contributed by atoms with E-state index >= 15 is 0 Å². The molecule has 0 saturated carbocycles. The molecule has 1 heteroatoms. The molecular formula is C7H11I. The minimum Gasteiger partial charge on any atom is -0.0640 e. The molecule has 0 atom stereocenters. The summed E-state index contributed by atoms with van der Waals surface area (Å²) in [5, 5.41) is 0. The Morgan fingerprint density at radius 2 is 1.88 bits per heavy atom. The van der Waals surface area contributed by atoms with Crippen molar-refractivity contribution < 1.29 is 0 Å². The maximum absolute atomic E-state index is 2.46. The maximum Gasteiger partial charge on any atom is -0.0105 e. The number of allylic oxidation sites excluding steroid dienone is 2. The number of hydrogen-bond acceptors (Lipinski definition) is 0. The predicted octanol–water partition coefficient (Wildman–Crippen LogP) is 3.27. The molecule has 0 heterocycles. The van der Waals surface area contributed by atoms with Crippen molar-refractivity contribution in [3.8, 4) is 0 Å². The van der Waals surface area contributed by atoms with Gasteiger partial charge in [-0.05, 0) is 58.8 Å². The highest BCUT2D eigenvalue weighted by molar-refractivity contribution is 14.1. The zero-order valence-corrected chi connectivity index (χ0v) is 7.36. The normalized spacial score (nSPS) is 21.8. The minimum absolute atomic E-state index is 1.34. The van der Waals surface area contributed by atoms with Crippen molar-refractivity contribution >= 4 is 22.6 Å². The van der Waals surface area contributed by atoms with E-state index in [0.29, 0.717) is 0 Å². The fourth-order valence-corrected chi connectivity index (χ4v) is 1.67. The maximum atomic E-state index is 2.46. The first-order valence-electron chi connectivity index (χ1n) is 3.15. The fraction of sp³-hybridized carbons (Fsp3) is 0.714. The van der Waals surface area contributed by atoms with E-state index in [4.69, 9.17) is 0 Å². The van der Waals surface area contributed by atoms with Crippen LogP contribution in [0.25, 0.3) is 0 Å². The minimum atomic E-state index is 1.34. The molecule has 0 spiro atoms. The van der Waals surface area contributed by atoms with Gasteiger partial charge < -0.3 is 0 Å². The monoisotopic (exact) mass is 222 g/mol. The zero-order valence-electron chi connectivity index (χ0n) is 5.21. The second-order valence-corrected chi connectivity index (χ2v) is 3.69. The van der Waals surface area contributed by atoms with Gasteiger partial charge in [0.05, 0.1) is 0 Å². The average molecular weight is 222 g/mol. The van der Waals surface area contributed by atoms with Gasteiger partial charge in [0.1, 0.15) is 0 Å². The number of rotatable bonds is 0. The zero-order chi connectivity index (χ0) is 5.98. The third-order valence-corrected chi connectivity index (χ3v) is 3.12. The van der Waals surface area contributed by atoms with E-state index < -0.39 is 0 Å². The van der Waals surface area contributed by atoms with Crippen LogP contribution in [-0.2, 0) is 0 Å². The van der Waals surface area contributed by atoms with Gasteiger partial charge in [0, 0.05) is 0 Å². The van der Waals surface area contributed by atoms with E-state index in [0.717, 1.165) is 0 Å². The Labute approximate surface area is 64.5 Å². The van der Waals surface area contributed by atoms with Gasteiger partial charge in [-0.1, -0.05) is 5.57 Å². The van der Waals surface area contributed by atoms with Crippen molar-refractivity contribution in [2.45, 2.75) is 32.6 Å². The summed E-state index contributed by atoms with van der Waals surface area (Å²) in [6, 6.07) is 0. The van der Waals surface area contributed by atoms with Crippen LogP contribution in [0.4, 0.5) is 0 Å². The summed E-state index contributed by atoms with van der Waals surface area (Å²) in [5.41, 5.74) is 1.62. The first-order chi connectivity index (χ1) is 3.80. The van der Waals surface area contributed by atoms with Gasteiger partial charge in [-0.25, -0.2) is 0 Å². The summed E-state index contributed by atoms with van der Waals surface area (Å²) in [6.45, 7) is 2.25. The first kappa shape index (κ1) is 6.59. The second-order valence-electron chi connectivity index (χ2n) is 2.39. The van der Waals surface area contributed by atoms with E-state index in [1.807, 2.05) is 0 Å². The van der Waals surface area contributed by atoms with Crippen LogP contribution >= 0.6 is 22.6 Å². The molecule has 0 saturated heterocycles. The van der Waals surface area contributed by atoms with E-state index in [-0.39, 0.29) is 0 Å². The van der Waals surface area contributed by atoms with Crippen LogP contribution in [-0.4, -0.2) is 0 Å². The SMILES string of the molecule is CC1=C(I)CCCC1. The molecule has 1 aliphatic rings. The van der Waals surface area contributed by atoms with Crippen LogP contribution in [0.3, 0.4) is 0 Å². The summed E-state index contributed by atoms with van der Waals surface area (Å²) in [7, 11) is 0. The van der Waals surface area contributed by atoms with Gasteiger partial charge in [0.15, 0.2) is 0 Å². The Morgan fingerprint density at radius 3 is 2.25 bits per heavy atom. The Morgan fingerprint density at radius 1 is 1.25 bits per heavy atom. The Balaban J connectivity index is 2.60. The summed E-state index contributed by atoms with van der Waals surface area (Å²) in [6.07, 6.45) is 5.51. The largest absolute Gasteiger partial charge is 0.0640 e. The molecule has 0 nitrogen and oxygen atoms in total. The molecule has 0 unspecified atom stereocenters. The lowest BCUT2D eigenvalue weighted by Gasteiger charge is -2.11. The topological polar surface area (TPSA) is 0 Å². The molecule has 0 aromatic rings. The average Bonchev–Trinajstić information content (AvgIpc) is 1.77. The molecule has 0 aromatic carbocycles. The quantitative estimate of drug-likeness (QED) is 0.552. The highest BCUT2D eigenvalue weighted by Crippen LogP contribution is 2.28. The standard InChI is InChI=1S/C7H11I/c1-6-4-2-3-5-7(6)8/h2-5H2,1H3. The molecule has 0 bridgehead atoms. The van der Waals surface area contributed by atoms with E-state index in [1.54, 1.807) is 9.15 Å². The van der Waals surface area contributed by atoms with Gasteiger partial charge in [-0.15, -0.1) is 0 Å². The third kappa shape index (κ3) is 1.47. The number of hydrogen-bond donors (Lipinski definition) is 0. The molecule has 0 amide bonds. The van der Waals surface area contributed by atoms with Gasteiger partial charge in [0.25, 0.3) is 0 Å². The Hall–Kier alpha value is 0.470. The molecule has 0 aliphatic heterocycles. The van der Waals surface area contributed by atoms with Crippen molar-refractivity contribution in [1.29, 1.82) is 0 Å². The summed E-state index contributed by atoms with van der Waals surface area (Å²) in [5.74, 6) is 0. The van der Waals surface area contributed by atoms with Crippen molar-refractivity contribution in [2.24, 2.45) is 0 Å². The molecule has 8 heavy (non-hydrogen) atoms. The molecular weight excluding hydrogens is 211 g/mol. The summed E-state index contributed by atoms with van der Waals surface area (Å²) in [4.78, 5) is 0. The van der Waals surface area contributed by atoms with E-state index in [2.05, 4.69) is 29.5 Å². The molecule has 46 valence electrons. The van der Waals surface area contributed by atoms with Crippen molar-refractivity contribution in [2.75, 3.05) is 0 Å². The van der Waals surface area contributed by atoms with Gasteiger partial charge in [-0.3, -0.25) is 0 Å². The highest BCUT2D eigenvalue weighted by Gasteiger charge is 2.04. The van der Waals surface area contributed by atoms with E-state index in [1.165, 1.54) is 25.7 Å². The number of halogens is 1. The van der Waals surface area contributed by atoms with Gasteiger partial charge >= 0.3 is 0 Å². The molecule has 0 fully saturated rings. The van der Waals surface area contributed by atoms with Crippen molar-refractivity contribution in [3.63, 3.8) is 0 Å².